The molecular weight excluding hydrogens is 304 g/mol. The molecule has 0 aromatic carbocycles. The third-order valence-electron chi connectivity index (χ3n) is 4.53. The Balaban J connectivity index is 2.17. The van der Waals surface area contributed by atoms with Gasteiger partial charge in [-0.1, -0.05) is 0 Å². The van der Waals surface area contributed by atoms with E-state index in [9.17, 15) is 4.79 Å². The number of carbonyl (C=O) groups is 1. The molecule has 1 aromatic rings. The summed E-state index contributed by atoms with van der Waals surface area (Å²) in [7, 11) is 3.77. The van der Waals surface area contributed by atoms with Crippen LogP contribution in [0.15, 0.2) is 6.07 Å². The second-order valence-corrected chi connectivity index (χ2v) is 6.08. The highest BCUT2D eigenvalue weighted by Gasteiger charge is 2.31. The zero-order chi connectivity index (χ0) is 17.5. The molecule has 0 radical (unpaired) electrons. The predicted molar refractivity (Wildman–Crippen MR) is 95.8 cm³/mol. The van der Waals surface area contributed by atoms with Crippen LogP contribution in [0.4, 0.5) is 5.82 Å². The van der Waals surface area contributed by atoms with Gasteiger partial charge in [0.2, 0.25) is 5.91 Å². The lowest BCUT2D eigenvalue weighted by Crippen LogP contribution is -2.40. The maximum atomic E-state index is 12.5. The van der Waals surface area contributed by atoms with E-state index < -0.39 is 0 Å². The van der Waals surface area contributed by atoms with Crippen molar-refractivity contribution >= 4 is 11.7 Å². The first kappa shape index (κ1) is 18.6. The van der Waals surface area contributed by atoms with Gasteiger partial charge in [-0.3, -0.25) is 9.69 Å². The second-order valence-electron chi connectivity index (χ2n) is 6.08. The molecule has 0 bridgehead atoms. The normalized spacial score (nSPS) is 17.9. The van der Waals surface area contributed by atoms with Gasteiger partial charge in [-0.15, -0.1) is 0 Å². The molecule has 2 heterocycles. The van der Waals surface area contributed by atoms with E-state index in [2.05, 4.69) is 20.5 Å². The van der Waals surface area contributed by atoms with Gasteiger partial charge in [-0.05, 0) is 40.3 Å². The monoisotopic (exact) mass is 334 g/mol. The number of likely N-dealkylation sites (tertiary alicyclic amines) is 1. The SMILES string of the molecule is CCN(CC)C(=O)CN1CCC[C@H]1c1nc(CNC)cc(NC)n1. The number of likely N-dealkylation sites (N-methyl/N-ethyl adjacent to an activating group) is 1. The molecule has 7 nitrogen and oxygen atoms in total. The van der Waals surface area contributed by atoms with Crippen LogP contribution >= 0.6 is 0 Å². The minimum atomic E-state index is 0.119. The number of carbonyl (C=O) groups excluding carboxylic acids is 1. The Labute approximate surface area is 144 Å². The van der Waals surface area contributed by atoms with Crippen molar-refractivity contribution in [3.05, 3.63) is 17.6 Å². The van der Waals surface area contributed by atoms with Crippen molar-refractivity contribution in [2.45, 2.75) is 39.3 Å². The molecule has 1 amide bonds. The first-order valence-corrected chi connectivity index (χ1v) is 8.84. The Bertz CT molecular complexity index is 546. The fraction of sp³-hybridized carbons (Fsp3) is 0.706. The van der Waals surface area contributed by atoms with Gasteiger partial charge < -0.3 is 15.5 Å². The van der Waals surface area contributed by atoms with Crippen molar-refractivity contribution in [3.8, 4) is 0 Å². The van der Waals surface area contributed by atoms with E-state index in [1.54, 1.807) is 0 Å². The van der Waals surface area contributed by atoms with Gasteiger partial charge in [0.25, 0.3) is 0 Å². The highest BCUT2D eigenvalue weighted by Crippen LogP contribution is 2.30. The summed E-state index contributed by atoms with van der Waals surface area (Å²) in [6.45, 7) is 7.62. The molecule has 0 unspecified atom stereocenters. The quantitative estimate of drug-likeness (QED) is 0.745. The van der Waals surface area contributed by atoms with E-state index in [1.807, 2.05) is 38.9 Å². The smallest absolute Gasteiger partial charge is 0.236 e. The number of nitrogens with one attached hydrogen (secondary N) is 2. The summed E-state index contributed by atoms with van der Waals surface area (Å²) in [5, 5.41) is 6.24. The number of nitrogens with zero attached hydrogens (tertiary/aromatic N) is 4. The zero-order valence-corrected chi connectivity index (χ0v) is 15.3. The number of aromatic nitrogens is 2. The number of hydrogen-bond donors (Lipinski definition) is 2. The summed E-state index contributed by atoms with van der Waals surface area (Å²) in [5.74, 6) is 1.83. The predicted octanol–water partition coefficient (Wildman–Crippen LogP) is 1.24. The lowest BCUT2D eigenvalue weighted by molar-refractivity contribution is -0.132. The molecule has 134 valence electrons. The minimum Gasteiger partial charge on any atom is -0.373 e. The molecule has 0 spiro atoms. The van der Waals surface area contributed by atoms with Gasteiger partial charge in [0.15, 0.2) is 0 Å². The molecule has 1 aliphatic rings. The number of rotatable bonds is 8. The Hall–Kier alpha value is -1.73. The van der Waals surface area contributed by atoms with Gasteiger partial charge in [0.05, 0.1) is 18.3 Å². The summed E-state index contributed by atoms with van der Waals surface area (Å²) in [6, 6.07) is 2.08. The first-order valence-electron chi connectivity index (χ1n) is 8.84. The maximum Gasteiger partial charge on any atom is 0.236 e. The molecule has 2 N–H and O–H groups in total. The van der Waals surface area contributed by atoms with Gasteiger partial charge in [-0.2, -0.15) is 0 Å². The highest BCUT2D eigenvalue weighted by atomic mass is 16.2. The fourth-order valence-electron chi connectivity index (χ4n) is 3.22. The van der Waals surface area contributed by atoms with Crippen molar-refractivity contribution in [2.75, 3.05) is 45.6 Å². The molecule has 2 rings (SSSR count). The molecule has 1 atom stereocenters. The molecule has 24 heavy (non-hydrogen) atoms. The van der Waals surface area contributed by atoms with E-state index in [-0.39, 0.29) is 11.9 Å². The fourth-order valence-corrected chi connectivity index (χ4v) is 3.22. The van der Waals surface area contributed by atoms with Gasteiger partial charge in [0.1, 0.15) is 11.6 Å². The Kier molecular flexibility index (Phi) is 6.93. The van der Waals surface area contributed by atoms with Crippen LogP contribution in [0.2, 0.25) is 0 Å². The van der Waals surface area contributed by atoms with Crippen molar-refractivity contribution in [1.29, 1.82) is 0 Å². The van der Waals surface area contributed by atoms with E-state index in [0.29, 0.717) is 13.1 Å². The Morgan fingerprint density at radius 2 is 2.08 bits per heavy atom. The van der Waals surface area contributed by atoms with Crippen molar-refractivity contribution in [2.24, 2.45) is 0 Å². The lowest BCUT2D eigenvalue weighted by atomic mass is 10.2. The van der Waals surface area contributed by atoms with Gasteiger partial charge in [-0.25, -0.2) is 9.97 Å². The van der Waals surface area contributed by atoms with Gasteiger partial charge in [0, 0.05) is 32.7 Å². The minimum absolute atomic E-state index is 0.119. The molecule has 1 aromatic heterocycles. The van der Waals surface area contributed by atoms with Crippen molar-refractivity contribution < 1.29 is 4.79 Å². The average molecular weight is 334 g/mol. The zero-order valence-electron chi connectivity index (χ0n) is 15.3. The number of amides is 1. The third kappa shape index (κ3) is 4.42. The van der Waals surface area contributed by atoms with Crippen LogP contribution in [0.1, 0.15) is 44.2 Å². The number of anilines is 1. The summed E-state index contributed by atoms with van der Waals surface area (Å²) in [5.41, 5.74) is 0.966. The number of hydrogen-bond acceptors (Lipinski definition) is 6. The summed E-state index contributed by atoms with van der Waals surface area (Å²) < 4.78 is 0. The Morgan fingerprint density at radius 1 is 1.33 bits per heavy atom. The lowest BCUT2D eigenvalue weighted by Gasteiger charge is -2.27. The topological polar surface area (TPSA) is 73.4 Å². The average Bonchev–Trinajstić information content (AvgIpc) is 3.04. The van der Waals surface area contributed by atoms with Crippen LogP contribution < -0.4 is 10.6 Å². The van der Waals surface area contributed by atoms with Crippen molar-refractivity contribution in [1.82, 2.24) is 25.1 Å². The largest absolute Gasteiger partial charge is 0.373 e. The highest BCUT2D eigenvalue weighted by molar-refractivity contribution is 5.78. The van der Waals surface area contributed by atoms with Crippen LogP contribution in [0.5, 0.6) is 0 Å². The second kappa shape index (κ2) is 8.94. The molecule has 0 aliphatic carbocycles. The Morgan fingerprint density at radius 3 is 2.71 bits per heavy atom. The third-order valence-corrected chi connectivity index (χ3v) is 4.53. The molecule has 1 aliphatic heterocycles. The van der Waals surface area contributed by atoms with E-state index in [0.717, 1.165) is 49.8 Å². The first-order chi connectivity index (χ1) is 11.6. The summed E-state index contributed by atoms with van der Waals surface area (Å²) in [6.07, 6.45) is 2.07. The van der Waals surface area contributed by atoms with Crippen LogP contribution in [0.25, 0.3) is 0 Å². The molecular formula is C17H30N6O. The van der Waals surface area contributed by atoms with Gasteiger partial charge >= 0.3 is 0 Å². The summed E-state index contributed by atoms with van der Waals surface area (Å²) in [4.78, 5) is 25.9. The molecule has 1 fully saturated rings. The van der Waals surface area contributed by atoms with E-state index in [4.69, 9.17) is 4.98 Å². The van der Waals surface area contributed by atoms with Crippen LogP contribution in [-0.2, 0) is 11.3 Å². The van der Waals surface area contributed by atoms with Crippen LogP contribution in [0.3, 0.4) is 0 Å². The van der Waals surface area contributed by atoms with E-state index in [1.165, 1.54) is 0 Å². The van der Waals surface area contributed by atoms with Crippen molar-refractivity contribution in [3.63, 3.8) is 0 Å². The molecule has 7 heteroatoms. The molecule has 0 saturated carbocycles. The van der Waals surface area contributed by atoms with E-state index >= 15 is 0 Å². The standard InChI is InChI=1S/C17H30N6O/c1-5-22(6-2)16(24)12-23-9-7-8-14(23)17-20-13(11-18-3)10-15(19-4)21-17/h10,14,18H,5-9,11-12H2,1-4H3,(H,19,20,21)/t14-/m0/s1. The summed E-state index contributed by atoms with van der Waals surface area (Å²) >= 11 is 0. The molecule has 1 saturated heterocycles. The maximum absolute atomic E-state index is 12.5. The van der Waals surface area contributed by atoms with Crippen LogP contribution in [0, 0.1) is 0 Å². The van der Waals surface area contributed by atoms with Crippen LogP contribution in [-0.4, -0.2) is 65.9 Å².